The fraction of sp³-hybridized carbons (Fsp3) is 0.0938. The Morgan fingerprint density at radius 2 is 1.71 bits per heavy atom. The molecule has 0 aliphatic carbocycles. The topological polar surface area (TPSA) is 141 Å². The van der Waals surface area contributed by atoms with Gasteiger partial charge in [-0.3, -0.25) is 24.2 Å². The third kappa shape index (κ3) is 6.61. The van der Waals surface area contributed by atoms with Gasteiger partial charge in [0.1, 0.15) is 10.6 Å². The Hall–Kier alpha value is -5.33. The second-order valence-electron chi connectivity index (χ2n) is 9.98. The molecule has 0 fully saturated rings. The minimum atomic E-state index is -4.18. The molecule has 1 amide bonds. The molecule has 3 aromatic carbocycles. The number of pyridine rings is 1. The molecule has 3 heterocycles. The van der Waals surface area contributed by atoms with Crippen LogP contribution in [0.1, 0.15) is 17.3 Å². The van der Waals surface area contributed by atoms with Crippen molar-refractivity contribution in [1.82, 2.24) is 24.7 Å². The van der Waals surface area contributed by atoms with Gasteiger partial charge >= 0.3 is 0 Å². The molecular weight excluding hydrogens is 614 g/mol. The maximum atomic E-state index is 13.7. The molecule has 0 aliphatic rings. The number of carbonyl (C=O) groups excluding carboxylic acids is 1. The van der Waals surface area contributed by atoms with Crippen LogP contribution in [0.5, 0.6) is 5.75 Å². The summed E-state index contributed by atoms with van der Waals surface area (Å²) in [6.45, 7) is 1.99. The minimum absolute atomic E-state index is 0.135. The number of halogens is 1. The predicted molar refractivity (Wildman–Crippen MR) is 173 cm³/mol. The van der Waals surface area contributed by atoms with Crippen LogP contribution < -0.4 is 14.8 Å². The molecule has 0 radical (unpaired) electrons. The van der Waals surface area contributed by atoms with Crippen LogP contribution >= 0.6 is 11.6 Å². The number of anilines is 2. The Balaban J connectivity index is 1.28. The van der Waals surface area contributed by atoms with Gasteiger partial charge in [0, 0.05) is 46.8 Å². The van der Waals surface area contributed by atoms with Gasteiger partial charge < -0.3 is 10.1 Å². The van der Waals surface area contributed by atoms with Crippen LogP contribution in [-0.2, 0) is 17.1 Å². The Morgan fingerprint density at radius 3 is 2.47 bits per heavy atom. The number of carbonyl (C=O) groups is 1. The van der Waals surface area contributed by atoms with Crippen LogP contribution in [0.2, 0.25) is 5.02 Å². The fourth-order valence-electron chi connectivity index (χ4n) is 4.62. The van der Waals surface area contributed by atoms with E-state index in [0.29, 0.717) is 32.9 Å². The van der Waals surface area contributed by atoms with E-state index in [4.69, 9.17) is 21.3 Å². The number of fused-ring (bicyclic) bond motifs is 1. The summed E-state index contributed by atoms with van der Waals surface area (Å²) >= 11 is 5.92. The lowest BCUT2D eigenvalue weighted by Gasteiger charge is -2.15. The number of nitrogens with zero attached hydrogens (tertiary/aromatic N) is 5. The van der Waals surface area contributed by atoms with Crippen LogP contribution in [0, 0.1) is 0 Å². The molecule has 6 aromatic rings. The summed E-state index contributed by atoms with van der Waals surface area (Å²) in [7, 11) is -2.34. The SMILES string of the molecule is CCOc1ccc(NC(=O)c2ccc(Cl)cc2)cc1S(=O)(=O)Nc1cncc(-c2ccc3ncc(-c4cnn(C)c4)nc3c2)c1. The van der Waals surface area contributed by atoms with Crippen molar-refractivity contribution in [2.75, 3.05) is 16.6 Å². The fourth-order valence-corrected chi connectivity index (χ4v) is 5.95. The smallest absolute Gasteiger partial charge is 0.265 e. The summed E-state index contributed by atoms with van der Waals surface area (Å²) in [5, 5.41) is 7.42. The summed E-state index contributed by atoms with van der Waals surface area (Å²) < 4.78 is 37.2. The Bertz CT molecular complexity index is 2150. The zero-order valence-electron chi connectivity index (χ0n) is 24.1. The molecule has 0 spiro atoms. The minimum Gasteiger partial charge on any atom is -0.492 e. The average molecular weight is 640 g/mol. The van der Waals surface area contributed by atoms with Gasteiger partial charge in [0.15, 0.2) is 0 Å². The van der Waals surface area contributed by atoms with E-state index in [9.17, 15) is 13.2 Å². The Morgan fingerprint density at radius 1 is 0.889 bits per heavy atom. The lowest BCUT2D eigenvalue weighted by molar-refractivity contribution is 0.102. The first-order chi connectivity index (χ1) is 21.7. The van der Waals surface area contributed by atoms with Crippen molar-refractivity contribution in [3.63, 3.8) is 0 Å². The van der Waals surface area contributed by atoms with Gasteiger partial charge in [-0.25, -0.2) is 13.4 Å². The van der Waals surface area contributed by atoms with Gasteiger partial charge in [0.25, 0.3) is 15.9 Å². The average Bonchev–Trinajstić information content (AvgIpc) is 3.47. The van der Waals surface area contributed by atoms with Crippen molar-refractivity contribution >= 4 is 49.9 Å². The van der Waals surface area contributed by atoms with Crippen molar-refractivity contribution in [2.45, 2.75) is 11.8 Å². The monoisotopic (exact) mass is 639 g/mol. The standard InChI is InChI=1S/C32H26ClN7O4S/c1-3-44-30-11-9-25(37-32(41)20-4-7-24(33)8-5-20)14-31(30)45(42,43)39-26-12-22(15-34-17-26)21-6-10-27-28(13-21)38-29(18-35-27)23-16-36-40(2)19-23/h4-19,39H,3H2,1-2H3,(H,37,41). The number of sulfonamides is 1. The maximum Gasteiger partial charge on any atom is 0.265 e. The number of aromatic nitrogens is 5. The van der Waals surface area contributed by atoms with Crippen molar-refractivity contribution in [2.24, 2.45) is 7.05 Å². The van der Waals surface area contributed by atoms with Crippen LogP contribution in [-0.4, -0.2) is 45.7 Å². The summed E-state index contributed by atoms with van der Waals surface area (Å²) in [5.41, 5.74) is 5.22. The number of benzene rings is 3. The highest BCUT2D eigenvalue weighted by atomic mass is 35.5. The second kappa shape index (κ2) is 12.3. The molecule has 0 atom stereocenters. The lowest BCUT2D eigenvalue weighted by atomic mass is 10.1. The molecular formula is C32H26ClN7O4S. The van der Waals surface area contributed by atoms with E-state index >= 15 is 0 Å². The van der Waals surface area contributed by atoms with Gasteiger partial charge in [-0.1, -0.05) is 17.7 Å². The maximum absolute atomic E-state index is 13.7. The van der Waals surface area contributed by atoms with Crippen LogP contribution in [0.3, 0.4) is 0 Å². The number of amides is 1. The van der Waals surface area contributed by atoms with Gasteiger partial charge in [-0.05, 0) is 73.2 Å². The number of hydrogen-bond donors (Lipinski definition) is 2. The quantitative estimate of drug-likeness (QED) is 0.191. The second-order valence-corrected chi connectivity index (χ2v) is 12.1. The number of nitrogens with one attached hydrogen (secondary N) is 2. The lowest BCUT2D eigenvalue weighted by Crippen LogP contribution is -2.16. The Labute approximate surface area is 264 Å². The van der Waals surface area contributed by atoms with Crippen LogP contribution in [0.15, 0.2) is 103 Å². The molecule has 45 heavy (non-hydrogen) atoms. The number of rotatable bonds is 9. The zero-order valence-corrected chi connectivity index (χ0v) is 25.7. The zero-order chi connectivity index (χ0) is 31.6. The Kier molecular flexibility index (Phi) is 8.16. The molecule has 0 saturated heterocycles. The van der Waals surface area contributed by atoms with E-state index in [-0.39, 0.29) is 28.6 Å². The third-order valence-corrected chi connectivity index (χ3v) is 8.42. The van der Waals surface area contributed by atoms with Gasteiger partial charge in [-0.2, -0.15) is 5.10 Å². The molecule has 3 aromatic heterocycles. The van der Waals surface area contributed by atoms with Gasteiger partial charge in [0.2, 0.25) is 0 Å². The summed E-state index contributed by atoms with van der Waals surface area (Å²) in [5.74, 6) is -0.284. The first-order valence-electron chi connectivity index (χ1n) is 13.8. The normalized spacial score (nSPS) is 11.4. The predicted octanol–water partition coefficient (Wildman–Crippen LogP) is 6.20. The number of aryl methyl sites for hydroxylation is 1. The molecule has 2 N–H and O–H groups in total. The van der Waals surface area contributed by atoms with Crippen LogP contribution in [0.25, 0.3) is 33.4 Å². The van der Waals surface area contributed by atoms with Gasteiger partial charge in [-0.15, -0.1) is 0 Å². The summed E-state index contributed by atoms with van der Waals surface area (Å²) in [4.78, 5) is 26.2. The van der Waals surface area contributed by atoms with E-state index in [0.717, 1.165) is 11.1 Å². The van der Waals surface area contributed by atoms with Crippen molar-refractivity contribution < 1.29 is 17.9 Å². The van der Waals surface area contributed by atoms with E-state index in [2.05, 4.69) is 25.1 Å². The van der Waals surface area contributed by atoms with E-state index < -0.39 is 15.9 Å². The third-order valence-electron chi connectivity index (χ3n) is 6.76. The van der Waals surface area contributed by atoms with E-state index in [1.807, 2.05) is 31.4 Å². The van der Waals surface area contributed by atoms with E-state index in [1.165, 1.54) is 18.3 Å². The van der Waals surface area contributed by atoms with Crippen LogP contribution in [0.4, 0.5) is 11.4 Å². The molecule has 0 unspecified atom stereocenters. The highest BCUT2D eigenvalue weighted by Crippen LogP contribution is 2.31. The number of hydrogen-bond acceptors (Lipinski definition) is 8. The van der Waals surface area contributed by atoms with Crippen molar-refractivity contribution in [1.29, 1.82) is 0 Å². The molecule has 11 nitrogen and oxygen atoms in total. The van der Waals surface area contributed by atoms with Crippen molar-refractivity contribution in [3.8, 4) is 28.1 Å². The first kappa shape index (κ1) is 29.7. The van der Waals surface area contributed by atoms with Gasteiger partial charge in [0.05, 0.1) is 47.6 Å². The first-order valence-corrected chi connectivity index (χ1v) is 15.6. The summed E-state index contributed by atoms with van der Waals surface area (Å²) in [6.07, 6.45) is 8.33. The van der Waals surface area contributed by atoms with E-state index in [1.54, 1.807) is 66.6 Å². The molecule has 0 bridgehead atoms. The van der Waals surface area contributed by atoms with Crippen molar-refractivity contribution in [3.05, 3.63) is 108 Å². The largest absolute Gasteiger partial charge is 0.492 e. The molecule has 13 heteroatoms. The molecule has 0 aliphatic heterocycles. The highest BCUT2D eigenvalue weighted by molar-refractivity contribution is 7.92. The summed E-state index contributed by atoms with van der Waals surface area (Å²) in [6, 6.07) is 18.0. The molecule has 226 valence electrons. The molecule has 6 rings (SSSR count). The highest BCUT2D eigenvalue weighted by Gasteiger charge is 2.22. The molecule has 0 saturated carbocycles. The number of ether oxygens (including phenoxy) is 1.